The molecule has 1 fully saturated rings. The molecule has 9 heteroatoms. The molecule has 0 saturated carbocycles. The van der Waals surface area contributed by atoms with Crippen molar-refractivity contribution in [3.63, 3.8) is 0 Å². The van der Waals surface area contributed by atoms with E-state index in [-0.39, 0.29) is 17.6 Å². The van der Waals surface area contributed by atoms with E-state index in [4.69, 9.17) is 14.6 Å². The largest absolute Gasteiger partial charge is 0.493 e. The molecule has 8 nitrogen and oxygen atoms in total. The Morgan fingerprint density at radius 2 is 1.81 bits per heavy atom. The Hall–Kier alpha value is -4.14. The molecule has 3 heterocycles. The lowest BCUT2D eigenvalue weighted by Crippen LogP contribution is -2.40. The fourth-order valence-corrected chi connectivity index (χ4v) is 4.58. The summed E-state index contributed by atoms with van der Waals surface area (Å²) in [5, 5.41) is 7.72. The van der Waals surface area contributed by atoms with Crippen LogP contribution in [0.2, 0.25) is 0 Å². The van der Waals surface area contributed by atoms with Gasteiger partial charge >= 0.3 is 0 Å². The molecule has 0 atom stereocenters. The minimum atomic E-state index is -0.282. The van der Waals surface area contributed by atoms with Crippen molar-refractivity contribution in [2.24, 2.45) is 5.92 Å². The van der Waals surface area contributed by atoms with Gasteiger partial charge in [-0.05, 0) is 54.8 Å². The van der Waals surface area contributed by atoms with E-state index < -0.39 is 0 Å². The summed E-state index contributed by atoms with van der Waals surface area (Å²) in [4.78, 5) is 19.5. The Labute approximate surface area is 208 Å². The van der Waals surface area contributed by atoms with E-state index in [2.05, 4.69) is 15.2 Å². The van der Waals surface area contributed by atoms with Crippen LogP contribution in [-0.4, -0.2) is 47.8 Å². The minimum absolute atomic E-state index is 0.0326. The van der Waals surface area contributed by atoms with E-state index in [1.54, 1.807) is 32.5 Å². The molecular weight excluding hydrogens is 461 g/mol. The van der Waals surface area contributed by atoms with Crippen LogP contribution in [0.3, 0.4) is 0 Å². The first-order valence-electron chi connectivity index (χ1n) is 11.9. The topological polar surface area (TPSA) is 81.0 Å². The molecule has 1 aliphatic rings. The van der Waals surface area contributed by atoms with Gasteiger partial charge in [0.1, 0.15) is 11.3 Å². The summed E-state index contributed by atoms with van der Waals surface area (Å²) in [5.41, 5.74) is 3.50. The molecule has 1 N–H and O–H groups in total. The quantitative estimate of drug-likeness (QED) is 0.421. The number of rotatable bonds is 7. The zero-order valence-electron chi connectivity index (χ0n) is 20.3. The number of carbonyl (C=O) groups is 1. The fraction of sp³-hybridized carbons (Fsp3) is 0.296. The van der Waals surface area contributed by atoms with E-state index in [9.17, 15) is 9.18 Å². The maximum Gasteiger partial charge on any atom is 0.223 e. The van der Waals surface area contributed by atoms with Crippen molar-refractivity contribution in [1.82, 2.24) is 19.9 Å². The van der Waals surface area contributed by atoms with E-state index in [0.717, 1.165) is 54.1 Å². The lowest BCUT2D eigenvalue weighted by molar-refractivity contribution is -0.125. The zero-order valence-corrected chi connectivity index (χ0v) is 20.3. The van der Waals surface area contributed by atoms with Gasteiger partial charge in [0.15, 0.2) is 17.3 Å². The summed E-state index contributed by atoms with van der Waals surface area (Å²) in [6.07, 6.45) is 5.04. The van der Waals surface area contributed by atoms with E-state index in [0.29, 0.717) is 18.0 Å². The van der Waals surface area contributed by atoms with Crippen LogP contribution in [0.5, 0.6) is 11.5 Å². The summed E-state index contributed by atoms with van der Waals surface area (Å²) in [6, 6.07) is 13.9. The molecule has 1 amide bonds. The molecular formula is C27H28FN5O3. The number of methoxy groups -OCH3 is 2. The first-order valence-corrected chi connectivity index (χ1v) is 11.9. The van der Waals surface area contributed by atoms with Gasteiger partial charge in [0, 0.05) is 43.5 Å². The molecule has 2 aromatic heterocycles. The van der Waals surface area contributed by atoms with Crippen LogP contribution in [-0.2, 0) is 11.3 Å². The van der Waals surface area contributed by atoms with Gasteiger partial charge in [-0.15, -0.1) is 0 Å². The van der Waals surface area contributed by atoms with Gasteiger partial charge < -0.3 is 19.7 Å². The zero-order chi connectivity index (χ0) is 25.1. The second-order valence-electron chi connectivity index (χ2n) is 8.79. The Bertz CT molecular complexity index is 1360. The molecule has 186 valence electrons. The summed E-state index contributed by atoms with van der Waals surface area (Å²) in [7, 11) is 3.22. The monoisotopic (exact) mass is 489 g/mol. The average molecular weight is 490 g/mol. The number of hydrogen-bond acceptors (Lipinski definition) is 6. The lowest BCUT2D eigenvalue weighted by atomic mass is 9.95. The van der Waals surface area contributed by atoms with Gasteiger partial charge in [0.25, 0.3) is 0 Å². The highest BCUT2D eigenvalue weighted by atomic mass is 19.1. The summed E-state index contributed by atoms with van der Waals surface area (Å²) in [5.74, 6) is 1.85. The number of amides is 1. The highest BCUT2D eigenvalue weighted by Crippen LogP contribution is 2.33. The summed E-state index contributed by atoms with van der Waals surface area (Å²) in [6.45, 7) is 1.84. The summed E-state index contributed by atoms with van der Waals surface area (Å²) < 4.78 is 25.7. The van der Waals surface area contributed by atoms with Crippen molar-refractivity contribution in [3.8, 4) is 22.8 Å². The molecule has 0 aliphatic carbocycles. The highest BCUT2D eigenvalue weighted by molar-refractivity contribution is 5.80. The maximum atomic E-state index is 13.1. The lowest BCUT2D eigenvalue weighted by Gasteiger charge is -2.32. The first-order chi connectivity index (χ1) is 17.6. The predicted molar refractivity (Wildman–Crippen MR) is 135 cm³/mol. The second kappa shape index (κ2) is 10.2. The molecule has 0 bridgehead atoms. The highest BCUT2D eigenvalue weighted by Gasteiger charge is 2.27. The third-order valence-corrected chi connectivity index (χ3v) is 6.59. The smallest absolute Gasteiger partial charge is 0.223 e. The number of nitrogens with zero attached hydrogens (tertiary/aromatic N) is 4. The Morgan fingerprint density at radius 1 is 1.06 bits per heavy atom. The minimum Gasteiger partial charge on any atom is -0.493 e. The number of aromatic nitrogens is 3. The number of carbonyl (C=O) groups excluding carboxylic acids is 1. The molecule has 0 unspecified atom stereocenters. The molecule has 0 radical (unpaired) electrons. The van der Waals surface area contributed by atoms with Crippen molar-refractivity contribution < 1.29 is 18.7 Å². The number of piperidine rings is 1. The molecule has 1 aliphatic heterocycles. The van der Waals surface area contributed by atoms with Crippen LogP contribution in [0.15, 0.2) is 60.9 Å². The molecule has 2 aromatic carbocycles. The van der Waals surface area contributed by atoms with Crippen molar-refractivity contribution in [2.45, 2.75) is 19.4 Å². The van der Waals surface area contributed by atoms with Gasteiger partial charge in [0.05, 0.1) is 19.9 Å². The van der Waals surface area contributed by atoms with Crippen molar-refractivity contribution in [1.29, 1.82) is 0 Å². The van der Waals surface area contributed by atoms with Gasteiger partial charge in [0.2, 0.25) is 5.91 Å². The molecule has 0 spiro atoms. The van der Waals surface area contributed by atoms with Crippen molar-refractivity contribution >= 4 is 17.2 Å². The Kier molecular flexibility index (Phi) is 6.71. The van der Waals surface area contributed by atoms with Crippen molar-refractivity contribution in [2.75, 3.05) is 32.2 Å². The van der Waals surface area contributed by atoms with E-state index in [1.165, 1.54) is 12.1 Å². The third kappa shape index (κ3) is 4.82. The van der Waals surface area contributed by atoms with Crippen LogP contribution in [0, 0.1) is 11.7 Å². The fourth-order valence-electron chi connectivity index (χ4n) is 4.58. The SMILES string of the molecule is COc1ccc(-c2cc3c(N4CCC(C(=O)NCc5ccc(F)cc5)CC4)nccn3n2)cc1OC. The number of hydrogen-bond donors (Lipinski definition) is 1. The number of benzene rings is 2. The Balaban J connectivity index is 1.27. The van der Waals surface area contributed by atoms with Crippen molar-refractivity contribution in [3.05, 3.63) is 72.3 Å². The third-order valence-electron chi connectivity index (χ3n) is 6.59. The van der Waals surface area contributed by atoms with Crippen LogP contribution >= 0.6 is 0 Å². The number of ether oxygens (including phenoxy) is 2. The summed E-state index contributed by atoms with van der Waals surface area (Å²) >= 11 is 0. The van der Waals surface area contributed by atoms with Crippen LogP contribution in [0.25, 0.3) is 16.8 Å². The maximum absolute atomic E-state index is 13.1. The first kappa shape index (κ1) is 23.6. The molecule has 1 saturated heterocycles. The van der Waals surface area contributed by atoms with Gasteiger partial charge in [-0.3, -0.25) is 4.79 Å². The van der Waals surface area contributed by atoms with E-state index in [1.807, 2.05) is 35.0 Å². The molecule has 4 aromatic rings. The second-order valence-corrected chi connectivity index (χ2v) is 8.79. The number of nitrogens with one attached hydrogen (secondary N) is 1. The number of anilines is 1. The molecule has 36 heavy (non-hydrogen) atoms. The average Bonchev–Trinajstić information content (AvgIpc) is 3.37. The van der Waals surface area contributed by atoms with Gasteiger partial charge in [-0.25, -0.2) is 13.9 Å². The normalized spacial score (nSPS) is 14.1. The number of halogens is 1. The van der Waals surface area contributed by atoms with E-state index >= 15 is 0 Å². The molecule has 5 rings (SSSR count). The Morgan fingerprint density at radius 3 is 2.53 bits per heavy atom. The van der Waals surface area contributed by atoms with Gasteiger partial charge in [-0.2, -0.15) is 5.10 Å². The van der Waals surface area contributed by atoms with Crippen LogP contribution in [0.4, 0.5) is 10.2 Å². The van der Waals surface area contributed by atoms with Gasteiger partial charge in [-0.1, -0.05) is 12.1 Å². The predicted octanol–water partition coefficient (Wildman–Crippen LogP) is 4.09. The van der Waals surface area contributed by atoms with Crippen LogP contribution < -0.4 is 19.7 Å². The van der Waals surface area contributed by atoms with Crippen LogP contribution in [0.1, 0.15) is 18.4 Å². The standard InChI is InChI=1S/C27H28FN5O3/c1-35-24-8-5-20(15-25(24)36-2)22-16-23-26(29-11-14-33(23)31-22)32-12-9-19(10-13-32)27(34)30-17-18-3-6-21(28)7-4-18/h3-8,11,14-16,19H,9-10,12-13,17H2,1-2H3,(H,30,34). The number of fused-ring (bicyclic) bond motifs is 1.